The first-order chi connectivity index (χ1) is 12.0. The van der Waals surface area contributed by atoms with Crippen molar-refractivity contribution >= 4 is 29.1 Å². The van der Waals surface area contributed by atoms with Crippen LogP contribution >= 0.6 is 0 Å². The van der Waals surface area contributed by atoms with E-state index in [1.54, 1.807) is 42.2 Å². The van der Waals surface area contributed by atoms with Gasteiger partial charge < -0.3 is 15.5 Å². The fraction of sp³-hybridized carbons (Fsp3) is 0.211. The van der Waals surface area contributed by atoms with Crippen molar-refractivity contribution in [2.24, 2.45) is 0 Å². The van der Waals surface area contributed by atoms with Gasteiger partial charge in [0.2, 0.25) is 11.8 Å². The van der Waals surface area contributed by atoms with Gasteiger partial charge in [0.25, 0.3) is 5.91 Å². The Morgan fingerprint density at radius 2 is 1.60 bits per heavy atom. The van der Waals surface area contributed by atoms with E-state index < -0.39 is 6.04 Å². The van der Waals surface area contributed by atoms with Crippen molar-refractivity contribution < 1.29 is 14.4 Å². The van der Waals surface area contributed by atoms with Crippen molar-refractivity contribution in [3.05, 3.63) is 59.7 Å². The highest BCUT2D eigenvalue weighted by Crippen LogP contribution is 2.25. The Morgan fingerprint density at radius 3 is 2.20 bits per heavy atom. The Balaban J connectivity index is 1.66. The molecule has 0 fully saturated rings. The third kappa shape index (κ3) is 3.52. The number of hydrogen-bond donors (Lipinski definition) is 2. The summed E-state index contributed by atoms with van der Waals surface area (Å²) < 4.78 is 0. The van der Waals surface area contributed by atoms with Gasteiger partial charge in [-0.15, -0.1) is 0 Å². The quantitative estimate of drug-likeness (QED) is 0.900. The standard InChI is InChI=1S/C19H19N3O3/c1-12(22-11-14-5-3-4-6-17(14)19(22)25)18(24)21-16-9-7-15(8-10-16)20-13(2)23/h3-10,12H,11H2,1-2H3,(H,20,23)(H,21,24)/t12-/m0/s1. The SMILES string of the molecule is CC(=O)Nc1ccc(NC(=O)[C@H](C)N2Cc3ccccc3C2=O)cc1. The van der Waals surface area contributed by atoms with Gasteiger partial charge in [-0.2, -0.15) is 0 Å². The molecule has 2 aromatic rings. The van der Waals surface area contributed by atoms with Gasteiger partial charge in [0, 0.05) is 30.4 Å². The van der Waals surface area contributed by atoms with Gasteiger partial charge in [-0.1, -0.05) is 18.2 Å². The lowest BCUT2D eigenvalue weighted by molar-refractivity contribution is -0.120. The van der Waals surface area contributed by atoms with Crippen LogP contribution in [0.15, 0.2) is 48.5 Å². The molecule has 6 heteroatoms. The second kappa shape index (κ2) is 6.76. The summed E-state index contributed by atoms with van der Waals surface area (Å²) in [6.07, 6.45) is 0. The molecule has 2 aromatic carbocycles. The number of amides is 3. The Labute approximate surface area is 145 Å². The van der Waals surface area contributed by atoms with Crippen LogP contribution < -0.4 is 10.6 Å². The number of nitrogens with one attached hydrogen (secondary N) is 2. The molecule has 1 heterocycles. The molecule has 1 aliphatic heterocycles. The third-order valence-electron chi connectivity index (χ3n) is 4.17. The Morgan fingerprint density at radius 1 is 1.00 bits per heavy atom. The first-order valence-electron chi connectivity index (χ1n) is 8.03. The van der Waals surface area contributed by atoms with Gasteiger partial charge in [-0.05, 0) is 42.8 Å². The van der Waals surface area contributed by atoms with Crippen LogP contribution in [0.25, 0.3) is 0 Å². The van der Waals surface area contributed by atoms with Crippen LogP contribution in [0.2, 0.25) is 0 Å². The molecule has 0 aromatic heterocycles. The molecule has 2 N–H and O–H groups in total. The Bertz CT molecular complexity index is 830. The molecule has 25 heavy (non-hydrogen) atoms. The van der Waals surface area contributed by atoms with Crippen molar-refractivity contribution in [2.75, 3.05) is 10.6 Å². The van der Waals surface area contributed by atoms with E-state index in [-0.39, 0.29) is 17.7 Å². The Kier molecular flexibility index (Phi) is 4.52. The molecule has 1 aliphatic rings. The number of carbonyl (C=O) groups excluding carboxylic acids is 3. The summed E-state index contributed by atoms with van der Waals surface area (Å²) in [5.41, 5.74) is 2.85. The highest BCUT2D eigenvalue weighted by atomic mass is 16.2. The summed E-state index contributed by atoms with van der Waals surface area (Å²) in [6.45, 7) is 3.58. The average molecular weight is 337 g/mol. The van der Waals surface area contributed by atoms with E-state index in [9.17, 15) is 14.4 Å². The number of carbonyl (C=O) groups is 3. The molecular weight excluding hydrogens is 318 g/mol. The summed E-state index contributed by atoms with van der Waals surface area (Å²) in [5.74, 6) is -0.537. The zero-order valence-electron chi connectivity index (χ0n) is 14.1. The number of rotatable bonds is 4. The minimum atomic E-state index is -0.588. The summed E-state index contributed by atoms with van der Waals surface area (Å²) in [5, 5.41) is 5.47. The smallest absolute Gasteiger partial charge is 0.255 e. The Hall–Kier alpha value is -3.15. The number of benzene rings is 2. The topological polar surface area (TPSA) is 78.5 Å². The van der Waals surface area contributed by atoms with Crippen molar-refractivity contribution in [1.82, 2.24) is 4.90 Å². The molecule has 128 valence electrons. The summed E-state index contributed by atoms with van der Waals surface area (Å²) in [7, 11) is 0. The van der Waals surface area contributed by atoms with Crippen LogP contribution in [-0.2, 0) is 16.1 Å². The van der Waals surface area contributed by atoms with Gasteiger partial charge in [0.15, 0.2) is 0 Å². The first-order valence-corrected chi connectivity index (χ1v) is 8.03. The van der Waals surface area contributed by atoms with Crippen LogP contribution in [0.5, 0.6) is 0 Å². The molecule has 1 atom stereocenters. The predicted molar refractivity (Wildman–Crippen MR) is 95.2 cm³/mol. The second-order valence-corrected chi connectivity index (χ2v) is 6.01. The normalized spacial score (nSPS) is 14.0. The van der Waals surface area contributed by atoms with Crippen molar-refractivity contribution in [2.45, 2.75) is 26.4 Å². The van der Waals surface area contributed by atoms with Gasteiger partial charge in [-0.25, -0.2) is 0 Å². The van der Waals surface area contributed by atoms with Crippen LogP contribution in [0.3, 0.4) is 0 Å². The number of fused-ring (bicyclic) bond motifs is 1. The highest BCUT2D eigenvalue weighted by Gasteiger charge is 2.33. The lowest BCUT2D eigenvalue weighted by Crippen LogP contribution is -2.42. The molecule has 3 amide bonds. The number of hydrogen-bond acceptors (Lipinski definition) is 3. The predicted octanol–water partition coefficient (Wildman–Crippen LogP) is 2.63. The maximum Gasteiger partial charge on any atom is 0.255 e. The number of nitrogens with zero attached hydrogens (tertiary/aromatic N) is 1. The second-order valence-electron chi connectivity index (χ2n) is 6.01. The molecule has 0 bridgehead atoms. The molecule has 0 unspecified atom stereocenters. The average Bonchev–Trinajstić information content (AvgIpc) is 2.93. The monoisotopic (exact) mass is 337 g/mol. The minimum Gasteiger partial charge on any atom is -0.326 e. The minimum absolute atomic E-state index is 0.126. The largest absolute Gasteiger partial charge is 0.326 e. The fourth-order valence-electron chi connectivity index (χ4n) is 2.82. The number of anilines is 2. The summed E-state index contributed by atoms with van der Waals surface area (Å²) in [4.78, 5) is 37.5. The van der Waals surface area contributed by atoms with E-state index in [0.29, 0.717) is 23.5 Å². The van der Waals surface area contributed by atoms with Gasteiger partial charge >= 0.3 is 0 Å². The molecular formula is C19H19N3O3. The molecule has 0 saturated heterocycles. The van der Waals surface area contributed by atoms with E-state index in [0.717, 1.165) is 5.56 Å². The fourth-order valence-corrected chi connectivity index (χ4v) is 2.82. The lowest BCUT2D eigenvalue weighted by Gasteiger charge is -2.23. The van der Waals surface area contributed by atoms with Crippen LogP contribution in [0.1, 0.15) is 29.8 Å². The lowest BCUT2D eigenvalue weighted by atomic mass is 10.1. The summed E-state index contributed by atoms with van der Waals surface area (Å²) in [6, 6.07) is 13.6. The van der Waals surface area contributed by atoms with E-state index >= 15 is 0 Å². The van der Waals surface area contributed by atoms with E-state index in [4.69, 9.17) is 0 Å². The molecule has 0 radical (unpaired) electrons. The van der Waals surface area contributed by atoms with Gasteiger partial charge in [-0.3, -0.25) is 14.4 Å². The van der Waals surface area contributed by atoms with Crippen LogP contribution in [0, 0.1) is 0 Å². The maximum atomic E-state index is 12.5. The molecule has 0 saturated carbocycles. The molecule has 6 nitrogen and oxygen atoms in total. The maximum absolute atomic E-state index is 12.5. The van der Waals surface area contributed by atoms with Crippen molar-refractivity contribution in [3.8, 4) is 0 Å². The van der Waals surface area contributed by atoms with Gasteiger partial charge in [0.1, 0.15) is 6.04 Å². The first kappa shape index (κ1) is 16.7. The molecule has 0 spiro atoms. The molecule has 0 aliphatic carbocycles. The highest BCUT2D eigenvalue weighted by molar-refractivity contribution is 6.03. The van der Waals surface area contributed by atoms with Gasteiger partial charge in [0.05, 0.1) is 0 Å². The van der Waals surface area contributed by atoms with E-state index in [1.807, 2.05) is 18.2 Å². The van der Waals surface area contributed by atoms with Crippen molar-refractivity contribution in [3.63, 3.8) is 0 Å². The van der Waals surface area contributed by atoms with Crippen LogP contribution in [-0.4, -0.2) is 28.7 Å². The molecule has 3 rings (SSSR count). The third-order valence-corrected chi connectivity index (χ3v) is 4.17. The van der Waals surface area contributed by atoms with Crippen molar-refractivity contribution in [1.29, 1.82) is 0 Å². The zero-order chi connectivity index (χ0) is 18.0. The van der Waals surface area contributed by atoms with E-state index in [1.165, 1.54) is 6.92 Å². The zero-order valence-corrected chi connectivity index (χ0v) is 14.1. The van der Waals surface area contributed by atoms with Crippen LogP contribution in [0.4, 0.5) is 11.4 Å². The summed E-state index contributed by atoms with van der Waals surface area (Å²) >= 11 is 0. The van der Waals surface area contributed by atoms with E-state index in [2.05, 4.69) is 10.6 Å².